The number of aliphatic carboxylic acids is 1. The zero-order valence-corrected chi connectivity index (χ0v) is 9.77. The van der Waals surface area contributed by atoms with Gasteiger partial charge >= 0.3 is 5.97 Å². The van der Waals surface area contributed by atoms with E-state index in [2.05, 4.69) is 11.4 Å². The predicted molar refractivity (Wildman–Crippen MR) is 60.9 cm³/mol. The van der Waals surface area contributed by atoms with E-state index in [0.717, 1.165) is 19.3 Å². The van der Waals surface area contributed by atoms with Gasteiger partial charge in [0.15, 0.2) is 0 Å². The molecule has 4 nitrogen and oxygen atoms in total. The highest BCUT2D eigenvalue weighted by Gasteiger charge is 2.27. The number of carbonyl (C=O) groups excluding carboxylic acids is 1. The smallest absolute Gasteiger partial charge is 0.326 e. The molecule has 0 saturated carbocycles. The lowest BCUT2D eigenvalue weighted by atomic mass is 9.93. The largest absolute Gasteiger partial charge is 0.480 e. The summed E-state index contributed by atoms with van der Waals surface area (Å²) < 4.78 is 0. The summed E-state index contributed by atoms with van der Waals surface area (Å²) >= 11 is 0. The van der Waals surface area contributed by atoms with Crippen molar-refractivity contribution in [3.05, 3.63) is 12.2 Å². The number of hydrogen-bond acceptors (Lipinski definition) is 2. The third-order valence-electron chi connectivity index (χ3n) is 2.87. The molecule has 0 radical (unpaired) electrons. The first-order valence-corrected chi connectivity index (χ1v) is 5.70. The van der Waals surface area contributed by atoms with E-state index in [-0.39, 0.29) is 17.7 Å². The summed E-state index contributed by atoms with van der Waals surface area (Å²) in [4.78, 5) is 22.7. The van der Waals surface area contributed by atoms with Gasteiger partial charge in [-0.1, -0.05) is 26.0 Å². The minimum atomic E-state index is -0.963. The van der Waals surface area contributed by atoms with Gasteiger partial charge in [-0.05, 0) is 25.2 Å². The van der Waals surface area contributed by atoms with Crippen LogP contribution in [0.25, 0.3) is 0 Å². The van der Waals surface area contributed by atoms with Gasteiger partial charge in [-0.25, -0.2) is 4.79 Å². The lowest BCUT2D eigenvalue weighted by molar-refractivity contribution is -0.143. The zero-order chi connectivity index (χ0) is 12.1. The van der Waals surface area contributed by atoms with Gasteiger partial charge in [0.05, 0.1) is 0 Å². The molecule has 2 N–H and O–H groups in total. The number of carboxylic acid groups (broad SMARTS) is 1. The molecule has 16 heavy (non-hydrogen) atoms. The van der Waals surface area contributed by atoms with E-state index in [4.69, 9.17) is 5.11 Å². The predicted octanol–water partition coefficient (Wildman–Crippen LogP) is 1.57. The fourth-order valence-corrected chi connectivity index (χ4v) is 1.82. The van der Waals surface area contributed by atoms with Crippen LogP contribution in [0.2, 0.25) is 0 Å². The summed E-state index contributed by atoms with van der Waals surface area (Å²) in [6, 6.07) is -0.779. The number of rotatable bonds is 4. The van der Waals surface area contributed by atoms with E-state index in [0.29, 0.717) is 0 Å². The van der Waals surface area contributed by atoms with Crippen molar-refractivity contribution in [1.29, 1.82) is 0 Å². The molecule has 1 amide bonds. The maximum absolute atomic E-state index is 11.8. The molecule has 2 atom stereocenters. The van der Waals surface area contributed by atoms with Crippen molar-refractivity contribution in [3.8, 4) is 0 Å². The van der Waals surface area contributed by atoms with Gasteiger partial charge in [0.2, 0.25) is 5.91 Å². The average Bonchev–Trinajstić information content (AvgIpc) is 2.25. The third kappa shape index (κ3) is 3.36. The van der Waals surface area contributed by atoms with Crippen LogP contribution >= 0.6 is 0 Å². The van der Waals surface area contributed by atoms with Crippen molar-refractivity contribution in [2.24, 2.45) is 11.8 Å². The molecule has 0 aromatic carbocycles. The normalized spacial score (nSPS) is 21.8. The van der Waals surface area contributed by atoms with Gasteiger partial charge in [0.25, 0.3) is 0 Å². The molecule has 0 aromatic rings. The number of allylic oxidation sites excluding steroid dienone is 2. The Morgan fingerprint density at radius 2 is 2.06 bits per heavy atom. The second kappa shape index (κ2) is 5.68. The SMILES string of the molecule is CC(C)C(NC(=O)C1CC=CCC1)C(=O)O. The Balaban J connectivity index is 2.54. The first-order chi connectivity index (χ1) is 7.52. The van der Waals surface area contributed by atoms with Crippen LogP contribution in [-0.2, 0) is 9.59 Å². The van der Waals surface area contributed by atoms with E-state index >= 15 is 0 Å². The monoisotopic (exact) mass is 225 g/mol. The van der Waals surface area contributed by atoms with Crippen molar-refractivity contribution < 1.29 is 14.7 Å². The van der Waals surface area contributed by atoms with Crippen LogP contribution in [0.5, 0.6) is 0 Å². The lowest BCUT2D eigenvalue weighted by Gasteiger charge is -2.22. The van der Waals surface area contributed by atoms with Gasteiger partial charge < -0.3 is 10.4 Å². The van der Waals surface area contributed by atoms with E-state index in [1.165, 1.54) is 0 Å². The second-order valence-electron chi connectivity index (χ2n) is 4.55. The molecule has 0 fully saturated rings. The number of nitrogens with one attached hydrogen (secondary N) is 1. The van der Waals surface area contributed by atoms with Crippen LogP contribution in [0.3, 0.4) is 0 Å². The van der Waals surface area contributed by atoms with Crippen molar-refractivity contribution in [3.63, 3.8) is 0 Å². The van der Waals surface area contributed by atoms with E-state index in [9.17, 15) is 9.59 Å². The van der Waals surface area contributed by atoms with Gasteiger partial charge in [0.1, 0.15) is 6.04 Å². The Morgan fingerprint density at radius 1 is 1.38 bits per heavy atom. The van der Waals surface area contributed by atoms with Crippen molar-refractivity contribution in [2.75, 3.05) is 0 Å². The average molecular weight is 225 g/mol. The van der Waals surface area contributed by atoms with Crippen molar-refractivity contribution in [2.45, 2.75) is 39.2 Å². The molecule has 4 heteroatoms. The van der Waals surface area contributed by atoms with E-state index < -0.39 is 12.0 Å². The first kappa shape index (κ1) is 12.7. The zero-order valence-electron chi connectivity index (χ0n) is 9.77. The highest BCUT2D eigenvalue weighted by molar-refractivity contribution is 5.85. The van der Waals surface area contributed by atoms with Crippen LogP contribution < -0.4 is 5.32 Å². The minimum absolute atomic E-state index is 0.0643. The van der Waals surface area contributed by atoms with Crippen LogP contribution in [0.15, 0.2) is 12.2 Å². The molecule has 0 saturated heterocycles. The second-order valence-corrected chi connectivity index (χ2v) is 4.55. The van der Waals surface area contributed by atoms with Gasteiger partial charge in [-0.3, -0.25) is 4.79 Å². The van der Waals surface area contributed by atoms with Crippen LogP contribution in [0.1, 0.15) is 33.1 Å². The number of carbonyl (C=O) groups is 2. The molecule has 1 aliphatic carbocycles. The molecule has 1 rings (SSSR count). The Hall–Kier alpha value is -1.32. The third-order valence-corrected chi connectivity index (χ3v) is 2.87. The van der Waals surface area contributed by atoms with Crippen LogP contribution in [-0.4, -0.2) is 23.0 Å². The summed E-state index contributed by atoms with van der Waals surface area (Å²) in [7, 11) is 0. The summed E-state index contributed by atoms with van der Waals surface area (Å²) in [6.45, 7) is 3.58. The highest BCUT2D eigenvalue weighted by Crippen LogP contribution is 2.18. The fraction of sp³-hybridized carbons (Fsp3) is 0.667. The summed E-state index contributed by atoms with van der Waals surface area (Å²) in [5.74, 6) is -1.26. The molecular formula is C12H19NO3. The molecule has 90 valence electrons. The first-order valence-electron chi connectivity index (χ1n) is 5.70. The highest BCUT2D eigenvalue weighted by atomic mass is 16.4. The Bertz CT molecular complexity index is 297. The Kier molecular flexibility index (Phi) is 4.52. The summed E-state index contributed by atoms with van der Waals surface area (Å²) in [6.07, 6.45) is 6.47. The number of carboxylic acids is 1. The summed E-state index contributed by atoms with van der Waals surface area (Å²) in [5.41, 5.74) is 0. The van der Waals surface area contributed by atoms with Gasteiger partial charge in [0, 0.05) is 5.92 Å². The molecular weight excluding hydrogens is 206 g/mol. The van der Waals surface area contributed by atoms with Gasteiger partial charge in [-0.15, -0.1) is 0 Å². The van der Waals surface area contributed by atoms with Crippen LogP contribution in [0, 0.1) is 11.8 Å². The summed E-state index contributed by atoms with van der Waals surface area (Å²) in [5, 5.41) is 11.6. The maximum Gasteiger partial charge on any atom is 0.326 e. The Morgan fingerprint density at radius 3 is 2.50 bits per heavy atom. The van der Waals surface area contributed by atoms with Gasteiger partial charge in [-0.2, -0.15) is 0 Å². The fourth-order valence-electron chi connectivity index (χ4n) is 1.82. The standard InChI is InChI=1S/C12H19NO3/c1-8(2)10(12(15)16)13-11(14)9-6-4-3-5-7-9/h3-4,8-10H,5-7H2,1-2H3,(H,13,14)(H,15,16). The Labute approximate surface area is 95.7 Å². The minimum Gasteiger partial charge on any atom is -0.480 e. The number of amides is 1. The van der Waals surface area contributed by atoms with E-state index in [1.54, 1.807) is 13.8 Å². The van der Waals surface area contributed by atoms with Crippen molar-refractivity contribution in [1.82, 2.24) is 5.32 Å². The maximum atomic E-state index is 11.8. The molecule has 0 aliphatic heterocycles. The molecule has 0 bridgehead atoms. The lowest BCUT2D eigenvalue weighted by Crippen LogP contribution is -2.46. The molecule has 2 unspecified atom stereocenters. The molecule has 0 spiro atoms. The topological polar surface area (TPSA) is 66.4 Å². The molecule has 0 heterocycles. The van der Waals surface area contributed by atoms with E-state index in [1.807, 2.05) is 6.08 Å². The van der Waals surface area contributed by atoms with Crippen LogP contribution in [0.4, 0.5) is 0 Å². The molecule has 0 aromatic heterocycles. The quantitative estimate of drug-likeness (QED) is 0.714. The number of hydrogen-bond donors (Lipinski definition) is 2. The van der Waals surface area contributed by atoms with Crippen molar-refractivity contribution >= 4 is 11.9 Å². The molecule has 1 aliphatic rings.